The predicted molar refractivity (Wildman–Crippen MR) is 67.5 cm³/mol. The van der Waals surface area contributed by atoms with Crippen LogP contribution in [0.1, 0.15) is 0 Å². The molecule has 0 fully saturated rings. The lowest BCUT2D eigenvalue weighted by molar-refractivity contribution is -0.137. The van der Waals surface area contributed by atoms with Crippen molar-refractivity contribution in [2.45, 2.75) is 0 Å². The van der Waals surface area contributed by atoms with Gasteiger partial charge in [-0.3, -0.25) is 31.0 Å². The molecule has 0 bridgehead atoms. The van der Waals surface area contributed by atoms with Gasteiger partial charge in [0.1, 0.15) is 0 Å². The van der Waals surface area contributed by atoms with Gasteiger partial charge in [0.25, 0.3) is 22.4 Å². The summed E-state index contributed by atoms with van der Waals surface area (Å²) in [6.07, 6.45) is 0. The molecule has 8 N–H and O–H groups in total. The third-order valence-electron chi connectivity index (χ3n) is 1.04. The number of carbonyl (C=O) groups excluding carboxylic acids is 2. The lowest BCUT2D eigenvalue weighted by atomic mass is 10.5. The van der Waals surface area contributed by atoms with E-state index in [0.717, 1.165) is 0 Å². The summed E-state index contributed by atoms with van der Waals surface area (Å²) in [7, 11) is 0. The van der Waals surface area contributed by atoms with Crippen molar-refractivity contribution >= 4 is 58.6 Å². The monoisotopic (exact) mass is 292 g/mol. The van der Waals surface area contributed by atoms with E-state index in [-0.39, 0.29) is 0 Å². The number of rotatable bonds is 0. The molecule has 0 aromatic heterocycles. The van der Waals surface area contributed by atoms with E-state index in [9.17, 15) is 9.59 Å². The highest BCUT2D eigenvalue weighted by atomic mass is 32.1. The van der Waals surface area contributed by atoms with Crippen molar-refractivity contribution < 1.29 is 19.1 Å². The largest absolute Gasteiger partial charge is 0.399 e. The van der Waals surface area contributed by atoms with Crippen LogP contribution in [0.4, 0.5) is 0 Å². The van der Waals surface area contributed by atoms with Crippen LogP contribution in [-0.2, 0) is 19.1 Å². The summed E-state index contributed by atoms with van der Waals surface area (Å²) >= 11 is 8.87. The van der Waals surface area contributed by atoms with Crippen LogP contribution >= 0.6 is 24.4 Å². The zero-order valence-electron chi connectivity index (χ0n) is 8.60. The second-order valence-corrected chi connectivity index (χ2v) is 3.16. The van der Waals surface area contributed by atoms with Crippen LogP contribution in [-0.4, -0.2) is 34.2 Å². The Labute approximate surface area is 111 Å². The Morgan fingerprint density at radius 3 is 1.39 bits per heavy atom. The van der Waals surface area contributed by atoms with Gasteiger partial charge in [-0.05, 0) is 24.4 Å². The van der Waals surface area contributed by atoms with Crippen molar-refractivity contribution in [1.82, 2.24) is 10.6 Å². The van der Waals surface area contributed by atoms with E-state index >= 15 is 0 Å². The second kappa shape index (κ2) is 7.08. The minimum Gasteiger partial charge on any atom is -0.399 e. The average Bonchev–Trinajstić information content (AvgIpc) is 2.13. The highest BCUT2D eigenvalue weighted by Gasteiger charge is 2.18. The number of amidine groups is 2. The predicted octanol–water partition coefficient (Wildman–Crippen LogP) is -2.39. The Balaban J connectivity index is 4.23. The average molecular weight is 292 g/mol. The molecule has 98 valence electrons. The van der Waals surface area contributed by atoms with Crippen molar-refractivity contribution in [2.75, 3.05) is 0 Å². The summed E-state index contributed by atoms with van der Waals surface area (Å²) in [5.41, 5.74) is 9.65. The van der Waals surface area contributed by atoms with Crippen molar-refractivity contribution in [2.24, 2.45) is 11.5 Å². The molecule has 0 unspecified atom stereocenters. The number of ether oxygens (including phenoxy) is 2. The molecule has 0 rings (SSSR count). The summed E-state index contributed by atoms with van der Waals surface area (Å²) in [5.74, 6) is -2.45. The van der Waals surface area contributed by atoms with Gasteiger partial charge in [-0.15, -0.1) is 0 Å². The molecule has 0 aliphatic heterocycles. The number of thiocarbonyl (C=S) groups is 2. The third-order valence-corrected chi connectivity index (χ3v) is 1.41. The van der Waals surface area contributed by atoms with E-state index in [1.54, 1.807) is 0 Å². The molecule has 0 atom stereocenters. The van der Waals surface area contributed by atoms with E-state index in [4.69, 9.17) is 22.3 Å². The molecule has 0 saturated carbocycles. The fourth-order valence-electron chi connectivity index (χ4n) is 0.550. The summed E-state index contributed by atoms with van der Waals surface area (Å²) in [6.45, 7) is 0. The van der Waals surface area contributed by atoms with Gasteiger partial charge < -0.3 is 20.9 Å². The number of carbonyl (C=O) groups is 2. The van der Waals surface area contributed by atoms with Gasteiger partial charge in [0.05, 0.1) is 0 Å². The van der Waals surface area contributed by atoms with Gasteiger partial charge in [-0.2, -0.15) is 0 Å². The van der Waals surface area contributed by atoms with Crippen LogP contribution in [0.2, 0.25) is 0 Å². The molecule has 10 nitrogen and oxygen atoms in total. The van der Waals surface area contributed by atoms with Crippen LogP contribution in [0, 0.1) is 10.8 Å². The first kappa shape index (κ1) is 15.7. The SMILES string of the molecule is N=C(N)OC(=S)NC(=O)C(=O)NC(=S)OC(=N)N. The molecule has 0 radical (unpaired) electrons. The van der Waals surface area contributed by atoms with Crippen molar-refractivity contribution in [3.05, 3.63) is 0 Å². The summed E-state index contributed by atoms with van der Waals surface area (Å²) < 4.78 is 8.61. The zero-order chi connectivity index (χ0) is 14.3. The van der Waals surface area contributed by atoms with Crippen LogP contribution in [0.3, 0.4) is 0 Å². The lowest BCUT2D eigenvalue weighted by Gasteiger charge is -2.07. The first-order chi connectivity index (χ1) is 8.22. The highest BCUT2D eigenvalue weighted by Crippen LogP contribution is 1.81. The van der Waals surface area contributed by atoms with Crippen LogP contribution in [0.5, 0.6) is 0 Å². The zero-order valence-corrected chi connectivity index (χ0v) is 10.2. The molecule has 0 aliphatic carbocycles. The minimum absolute atomic E-state index is 0.582. The molecule has 0 aliphatic rings. The third kappa shape index (κ3) is 7.02. The topological polar surface area (TPSA) is 176 Å². The quantitative estimate of drug-likeness (QED) is 0.124. The van der Waals surface area contributed by atoms with E-state index < -0.39 is 34.2 Å². The fourth-order valence-corrected chi connectivity index (χ4v) is 0.915. The van der Waals surface area contributed by atoms with Crippen LogP contribution in [0.15, 0.2) is 0 Å². The van der Waals surface area contributed by atoms with E-state index in [1.807, 2.05) is 10.6 Å². The maximum atomic E-state index is 11.2. The highest BCUT2D eigenvalue weighted by molar-refractivity contribution is 7.80. The Hall–Kier alpha value is -2.34. The summed E-state index contributed by atoms with van der Waals surface area (Å²) in [5, 5.41) is 15.9. The standard InChI is InChI=1S/C6H8N6O4S2/c7-3(8)15-5(17)11-1(13)2(14)12-6(18)16-4(9)10/h(H3,7,8)(H3,9,10)(H,11,13,17)(H,12,14,18). The molecule has 2 amide bonds. The van der Waals surface area contributed by atoms with Gasteiger partial charge in [-0.1, -0.05) is 0 Å². The van der Waals surface area contributed by atoms with Crippen LogP contribution in [0.25, 0.3) is 0 Å². The molecule has 0 aromatic rings. The molecule has 0 aromatic carbocycles. The maximum absolute atomic E-state index is 11.2. The molecule has 12 heteroatoms. The van der Waals surface area contributed by atoms with E-state index in [2.05, 4.69) is 33.9 Å². The number of hydrogen-bond donors (Lipinski definition) is 6. The Bertz CT molecular complexity index is 396. The molecule has 0 saturated heterocycles. The molecule has 0 heterocycles. The Morgan fingerprint density at radius 1 is 0.889 bits per heavy atom. The number of amides is 2. The summed E-state index contributed by atoms with van der Waals surface area (Å²) in [4.78, 5) is 22.3. The molecule has 0 spiro atoms. The number of hydrogen-bond acceptors (Lipinski definition) is 8. The second-order valence-electron chi connectivity index (χ2n) is 2.42. The number of nitrogens with two attached hydrogens (primary N) is 2. The minimum atomic E-state index is -1.23. The van der Waals surface area contributed by atoms with Crippen molar-refractivity contribution in [1.29, 1.82) is 10.8 Å². The normalized spacial score (nSPS) is 8.67. The van der Waals surface area contributed by atoms with Crippen molar-refractivity contribution in [3.63, 3.8) is 0 Å². The maximum Gasteiger partial charge on any atom is 0.317 e. The van der Waals surface area contributed by atoms with Crippen LogP contribution < -0.4 is 22.1 Å². The van der Waals surface area contributed by atoms with Gasteiger partial charge in [0.2, 0.25) is 0 Å². The van der Waals surface area contributed by atoms with Gasteiger partial charge in [-0.25, -0.2) is 0 Å². The first-order valence-electron chi connectivity index (χ1n) is 3.96. The van der Waals surface area contributed by atoms with E-state index in [1.165, 1.54) is 0 Å². The summed E-state index contributed by atoms with van der Waals surface area (Å²) in [6, 6.07) is -1.51. The fraction of sp³-hybridized carbons (Fsp3) is 0. The van der Waals surface area contributed by atoms with Gasteiger partial charge in [0, 0.05) is 0 Å². The van der Waals surface area contributed by atoms with Crippen molar-refractivity contribution in [3.8, 4) is 0 Å². The van der Waals surface area contributed by atoms with Gasteiger partial charge in [0.15, 0.2) is 0 Å². The number of nitrogens with one attached hydrogen (secondary N) is 4. The van der Waals surface area contributed by atoms with Gasteiger partial charge >= 0.3 is 11.8 Å². The smallest absolute Gasteiger partial charge is 0.317 e. The molecular weight excluding hydrogens is 284 g/mol. The molecular formula is C6H8N6O4S2. The molecule has 18 heavy (non-hydrogen) atoms. The first-order valence-corrected chi connectivity index (χ1v) is 4.78. The lowest BCUT2D eigenvalue weighted by Crippen LogP contribution is -2.46. The Morgan fingerprint density at radius 2 is 1.17 bits per heavy atom. The van der Waals surface area contributed by atoms with E-state index in [0.29, 0.717) is 0 Å². The Kier molecular flexibility index (Phi) is 6.16.